The van der Waals surface area contributed by atoms with Gasteiger partial charge in [-0.2, -0.15) is 0 Å². The van der Waals surface area contributed by atoms with Crippen molar-refractivity contribution < 1.29 is 4.42 Å². The maximum Gasteiger partial charge on any atom is 0.267 e. The van der Waals surface area contributed by atoms with Crippen molar-refractivity contribution in [2.45, 2.75) is 26.2 Å². The van der Waals surface area contributed by atoms with Gasteiger partial charge in [0.25, 0.3) is 11.8 Å². The van der Waals surface area contributed by atoms with E-state index in [1.165, 1.54) is 41.0 Å². The first-order valence-electron chi connectivity index (χ1n) is 6.63. The van der Waals surface area contributed by atoms with Crippen LogP contribution in [0.1, 0.15) is 23.8 Å². The highest BCUT2D eigenvalue weighted by Crippen LogP contribution is 2.37. The molecule has 1 aliphatic carbocycles. The van der Waals surface area contributed by atoms with Gasteiger partial charge in [0.2, 0.25) is 0 Å². The molecule has 6 heteroatoms. The lowest BCUT2D eigenvalue weighted by Crippen LogP contribution is -2.07. The lowest BCUT2D eigenvalue weighted by Gasteiger charge is -2.16. The molecule has 3 aromatic rings. The van der Waals surface area contributed by atoms with Crippen molar-refractivity contribution in [3.63, 3.8) is 0 Å². The van der Waals surface area contributed by atoms with Crippen molar-refractivity contribution in [3.8, 4) is 22.4 Å². The summed E-state index contributed by atoms with van der Waals surface area (Å²) in [5.41, 5.74) is 3.98. The van der Waals surface area contributed by atoms with E-state index in [-0.39, 0.29) is 0 Å². The third-order valence-corrected chi connectivity index (χ3v) is 5.43. The molecule has 1 aliphatic rings. The molecule has 0 spiro atoms. The number of aryl methyl sites for hydroxylation is 1. The number of rotatable bonds is 2. The molecule has 0 bridgehead atoms. The summed E-state index contributed by atoms with van der Waals surface area (Å²) in [6, 6.07) is 2.22. The van der Waals surface area contributed by atoms with Gasteiger partial charge >= 0.3 is 0 Å². The summed E-state index contributed by atoms with van der Waals surface area (Å²) >= 11 is 3.31. The van der Waals surface area contributed by atoms with Crippen molar-refractivity contribution in [1.29, 1.82) is 0 Å². The molecule has 1 atom stereocenters. The number of hydrogen-bond donors (Lipinski definition) is 0. The zero-order valence-electron chi connectivity index (χ0n) is 11.0. The molecule has 0 amide bonds. The van der Waals surface area contributed by atoms with E-state index >= 15 is 0 Å². The van der Waals surface area contributed by atoms with Crippen LogP contribution in [-0.2, 0) is 12.8 Å². The Morgan fingerprint density at radius 1 is 1.30 bits per heavy atom. The molecule has 4 nitrogen and oxygen atoms in total. The number of aromatic nitrogens is 3. The van der Waals surface area contributed by atoms with Crippen LogP contribution in [0.25, 0.3) is 22.4 Å². The molecule has 1 unspecified atom stereocenters. The van der Waals surface area contributed by atoms with Crippen molar-refractivity contribution in [2.24, 2.45) is 5.92 Å². The minimum absolute atomic E-state index is 0.501. The summed E-state index contributed by atoms with van der Waals surface area (Å²) < 4.78 is 5.75. The van der Waals surface area contributed by atoms with Crippen LogP contribution in [0.5, 0.6) is 0 Å². The van der Waals surface area contributed by atoms with Gasteiger partial charge in [-0.15, -0.1) is 32.9 Å². The smallest absolute Gasteiger partial charge is 0.267 e. The SMILES string of the molecule is CC1CCc2sc(-c3nnc(-c4cscn4)o3)cc2C1. The van der Waals surface area contributed by atoms with E-state index in [1.54, 1.807) is 16.8 Å². The van der Waals surface area contributed by atoms with Crippen molar-refractivity contribution >= 4 is 22.7 Å². The Hall–Kier alpha value is -1.53. The standard InChI is InChI=1S/C14H13N3OS2/c1-8-2-3-11-9(4-8)5-12(20-11)14-17-16-13(18-14)10-6-19-7-15-10/h5-8H,2-4H2,1H3. The lowest BCUT2D eigenvalue weighted by atomic mass is 9.90. The van der Waals surface area contributed by atoms with E-state index < -0.39 is 0 Å². The van der Waals surface area contributed by atoms with Gasteiger partial charge in [0, 0.05) is 10.3 Å². The number of thiophene rings is 1. The molecule has 0 saturated carbocycles. The molecule has 3 aromatic heterocycles. The molecule has 0 saturated heterocycles. The zero-order chi connectivity index (χ0) is 13.5. The first-order valence-corrected chi connectivity index (χ1v) is 8.39. The quantitative estimate of drug-likeness (QED) is 0.716. The Bertz CT molecular complexity index is 730. The summed E-state index contributed by atoms with van der Waals surface area (Å²) in [6.45, 7) is 2.31. The molecular formula is C14H13N3OS2. The molecule has 20 heavy (non-hydrogen) atoms. The third kappa shape index (κ3) is 2.09. The predicted molar refractivity (Wildman–Crippen MR) is 79.9 cm³/mol. The Morgan fingerprint density at radius 3 is 3.05 bits per heavy atom. The van der Waals surface area contributed by atoms with Crippen LogP contribution < -0.4 is 0 Å². The number of fused-ring (bicyclic) bond motifs is 1. The summed E-state index contributed by atoms with van der Waals surface area (Å²) in [5.74, 6) is 1.89. The van der Waals surface area contributed by atoms with Crippen LogP contribution in [0, 0.1) is 5.92 Å². The second-order valence-electron chi connectivity index (χ2n) is 5.19. The van der Waals surface area contributed by atoms with E-state index in [0.717, 1.165) is 16.5 Å². The minimum atomic E-state index is 0.501. The molecule has 0 aromatic carbocycles. The van der Waals surface area contributed by atoms with Gasteiger partial charge in [-0.1, -0.05) is 6.92 Å². The minimum Gasteiger partial charge on any atom is -0.414 e. The molecule has 0 N–H and O–H groups in total. The second kappa shape index (κ2) is 4.79. The fourth-order valence-corrected chi connectivity index (χ4v) is 4.21. The maximum absolute atomic E-state index is 5.75. The predicted octanol–water partition coefficient (Wildman–Crippen LogP) is 4.05. The number of nitrogens with zero attached hydrogens (tertiary/aromatic N) is 3. The van der Waals surface area contributed by atoms with Crippen LogP contribution in [-0.4, -0.2) is 15.2 Å². The lowest BCUT2D eigenvalue weighted by molar-refractivity contribution is 0.506. The Labute approximate surface area is 124 Å². The van der Waals surface area contributed by atoms with E-state index in [9.17, 15) is 0 Å². The zero-order valence-corrected chi connectivity index (χ0v) is 12.6. The monoisotopic (exact) mass is 303 g/mol. The highest BCUT2D eigenvalue weighted by atomic mass is 32.1. The molecule has 102 valence electrons. The summed E-state index contributed by atoms with van der Waals surface area (Å²) in [5, 5.41) is 10.2. The normalized spacial score (nSPS) is 18.1. The average Bonchev–Trinajstić information content (AvgIpc) is 3.17. The van der Waals surface area contributed by atoms with E-state index in [4.69, 9.17) is 4.42 Å². The average molecular weight is 303 g/mol. The van der Waals surface area contributed by atoms with Crippen LogP contribution >= 0.6 is 22.7 Å². The number of thiazole rings is 1. The fraction of sp³-hybridized carbons (Fsp3) is 0.357. The van der Waals surface area contributed by atoms with Gasteiger partial charge < -0.3 is 4.42 Å². The maximum atomic E-state index is 5.75. The summed E-state index contributed by atoms with van der Waals surface area (Å²) in [6.07, 6.45) is 3.62. The molecule has 0 radical (unpaired) electrons. The van der Waals surface area contributed by atoms with Crippen LogP contribution in [0.15, 0.2) is 21.4 Å². The van der Waals surface area contributed by atoms with Crippen molar-refractivity contribution in [2.75, 3.05) is 0 Å². The highest BCUT2D eigenvalue weighted by molar-refractivity contribution is 7.15. The van der Waals surface area contributed by atoms with E-state index in [2.05, 4.69) is 28.2 Å². The summed E-state index contributed by atoms with van der Waals surface area (Å²) in [7, 11) is 0. The first kappa shape index (κ1) is 12.2. The van der Waals surface area contributed by atoms with Crippen LogP contribution in [0.3, 0.4) is 0 Å². The molecule has 4 rings (SSSR count). The van der Waals surface area contributed by atoms with Gasteiger partial charge in [-0.05, 0) is 36.8 Å². The van der Waals surface area contributed by atoms with Crippen molar-refractivity contribution in [3.05, 3.63) is 27.4 Å². The molecule has 0 fully saturated rings. The topological polar surface area (TPSA) is 51.8 Å². The van der Waals surface area contributed by atoms with E-state index in [0.29, 0.717) is 11.8 Å². The second-order valence-corrected chi connectivity index (χ2v) is 7.05. The largest absolute Gasteiger partial charge is 0.414 e. The molecular weight excluding hydrogens is 290 g/mol. The Kier molecular flexibility index (Phi) is 2.93. The fourth-order valence-electron chi connectivity index (χ4n) is 2.56. The van der Waals surface area contributed by atoms with E-state index in [1.807, 2.05) is 5.38 Å². The van der Waals surface area contributed by atoms with Gasteiger partial charge in [0.05, 0.1) is 10.4 Å². The summed E-state index contributed by atoms with van der Waals surface area (Å²) in [4.78, 5) is 6.75. The first-order chi connectivity index (χ1) is 9.79. The van der Waals surface area contributed by atoms with Gasteiger partial charge in [-0.25, -0.2) is 4.98 Å². The Balaban J connectivity index is 1.68. The van der Waals surface area contributed by atoms with Gasteiger partial charge in [0.1, 0.15) is 5.69 Å². The molecule has 3 heterocycles. The van der Waals surface area contributed by atoms with Crippen molar-refractivity contribution in [1.82, 2.24) is 15.2 Å². The van der Waals surface area contributed by atoms with Crippen LogP contribution in [0.4, 0.5) is 0 Å². The van der Waals surface area contributed by atoms with Gasteiger partial charge in [-0.3, -0.25) is 0 Å². The van der Waals surface area contributed by atoms with Crippen LogP contribution in [0.2, 0.25) is 0 Å². The Morgan fingerprint density at radius 2 is 2.20 bits per heavy atom. The highest BCUT2D eigenvalue weighted by Gasteiger charge is 2.21. The third-order valence-electron chi connectivity index (χ3n) is 3.62. The number of hydrogen-bond acceptors (Lipinski definition) is 6. The van der Waals surface area contributed by atoms with Gasteiger partial charge in [0.15, 0.2) is 0 Å². The molecule has 0 aliphatic heterocycles.